The van der Waals surface area contributed by atoms with E-state index in [4.69, 9.17) is 0 Å². The Kier molecular flexibility index (Phi) is 4.04. The zero-order valence-corrected chi connectivity index (χ0v) is 10.8. The van der Waals surface area contributed by atoms with E-state index in [-0.39, 0.29) is 0 Å². The Hall–Kier alpha value is 0. The molecule has 0 amide bonds. The highest BCUT2D eigenvalue weighted by Crippen LogP contribution is 2.37. The van der Waals surface area contributed by atoms with Crippen LogP contribution < -0.4 is 0 Å². The summed E-state index contributed by atoms with van der Waals surface area (Å²) in [6.07, 6.45) is 7.31. The Bertz CT molecular complexity index is 155. The number of rotatable bonds is 2. The molecule has 0 aliphatic heterocycles. The third kappa shape index (κ3) is 4.02. The van der Waals surface area contributed by atoms with Crippen LogP contribution in [0.25, 0.3) is 0 Å². The van der Waals surface area contributed by atoms with Gasteiger partial charge in [-0.25, -0.2) is 0 Å². The lowest BCUT2D eigenvalue weighted by Crippen LogP contribution is -2.22. The van der Waals surface area contributed by atoms with E-state index in [9.17, 15) is 0 Å². The molecular formula is C14H28. The summed E-state index contributed by atoms with van der Waals surface area (Å²) in [4.78, 5) is 0. The molecule has 1 saturated carbocycles. The van der Waals surface area contributed by atoms with E-state index in [1.54, 1.807) is 0 Å². The van der Waals surface area contributed by atoms with Gasteiger partial charge in [-0.2, -0.15) is 0 Å². The van der Waals surface area contributed by atoms with Crippen molar-refractivity contribution in [2.24, 2.45) is 23.2 Å². The Morgan fingerprint density at radius 3 is 2.00 bits per heavy atom. The second kappa shape index (κ2) is 4.68. The molecule has 1 fully saturated rings. The minimum absolute atomic E-state index is 0.516. The van der Waals surface area contributed by atoms with Crippen LogP contribution in [-0.2, 0) is 0 Å². The fourth-order valence-electron chi connectivity index (χ4n) is 2.99. The summed E-state index contributed by atoms with van der Waals surface area (Å²) >= 11 is 0. The topological polar surface area (TPSA) is 0 Å². The maximum Gasteiger partial charge on any atom is -0.0380 e. The average Bonchev–Trinajstić information content (AvgIpc) is 2.02. The van der Waals surface area contributed by atoms with Crippen molar-refractivity contribution >= 4 is 0 Å². The lowest BCUT2D eigenvalue weighted by Gasteiger charge is -2.34. The molecule has 1 unspecified atom stereocenters. The minimum Gasteiger partial charge on any atom is -0.0625 e. The van der Waals surface area contributed by atoms with Gasteiger partial charge >= 0.3 is 0 Å². The molecule has 84 valence electrons. The van der Waals surface area contributed by atoms with Crippen LogP contribution >= 0.6 is 0 Å². The van der Waals surface area contributed by atoms with Crippen molar-refractivity contribution in [3.8, 4) is 0 Å². The van der Waals surface area contributed by atoms with E-state index in [0.717, 1.165) is 17.8 Å². The zero-order valence-electron chi connectivity index (χ0n) is 10.8. The fraction of sp³-hybridized carbons (Fsp3) is 1.00. The summed E-state index contributed by atoms with van der Waals surface area (Å²) in [5.41, 5.74) is 0.516. The van der Waals surface area contributed by atoms with E-state index in [2.05, 4.69) is 34.6 Å². The van der Waals surface area contributed by atoms with E-state index in [1.165, 1.54) is 32.1 Å². The Balaban J connectivity index is 2.34. The zero-order chi connectivity index (χ0) is 10.8. The minimum atomic E-state index is 0.516. The molecule has 14 heavy (non-hydrogen) atoms. The maximum atomic E-state index is 2.46. The third-order valence-corrected chi connectivity index (χ3v) is 3.80. The van der Waals surface area contributed by atoms with Gasteiger partial charge < -0.3 is 0 Å². The van der Waals surface area contributed by atoms with Crippen molar-refractivity contribution in [3.63, 3.8) is 0 Å². The number of hydrogen-bond donors (Lipinski definition) is 0. The smallest absolute Gasteiger partial charge is 0.0380 e. The molecule has 1 aliphatic rings. The van der Waals surface area contributed by atoms with E-state index < -0.39 is 0 Å². The molecule has 0 heteroatoms. The number of hydrogen-bond acceptors (Lipinski definition) is 0. The summed E-state index contributed by atoms with van der Waals surface area (Å²) in [6, 6.07) is 0. The van der Waals surface area contributed by atoms with Gasteiger partial charge in [0, 0.05) is 0 Å². The van der Waals surface area contributed by atoms with Crippen LogP contribution in [0.15, 0.2) is 0 Å². The predicted molar refractivity (Wildman–Crippen MR) is 64.4 cm³/mol. The van der Waals surface area contributed by atoms with Crippen molar-refractivity contribution in [1.29, 1.82) is 0 Å². The highest BCUT2D eigenvalue weighted by molar-refractivity contribution is 4.77. The predicted octanol–water partition coefficient (Wildman–Crippen LogP) is 4.89. The monoisotopic (exact) mass is 196 g/mol. The molecule has 0 spiro atoms. The molecule has 1 atom stereocenters. The van der Waals surface area contributed by atoms with Crippen LogP contribution in [0.5, 0.6) is 0 Å². The first-order valence-corrected chi connectivity index (χ1v) is 6.38. The van der Waals surface area contributed by atoms with Gasteiger partial charge in [-0.05, 0) is 42.4 Å². The highest BCUT2D eigenvalue weighted by Gasteiger charge is 2.26. The second-order valence-electron chi connectivity index (χ2n) is 6.76. The van der Waals surface area contributed by atoms with Gasteiger partial charge in [-0.15, -0.1) is 0 Å². The van der Waals surface area contributed by atoms with Crippen LogP contribution in [0.1, 0.15) is 66.7 Å². The summed E-state index contributed by atoms with van der Waals surface area (Å²) in [5, 5.41) is 0. The van der Waals surface area contributed by atoms with E-state index in [0.29, 0.717) is 5.41 Å². The summed E-state index contributed by atoms with van der Waals surface area (Å²) in [6.45, 7) is 12.0. The summed E-state index contributed by atoms with van der Waals surface area (Å²) in [5.74, 6) is 2.95. The summed E-state index contributed by atoms with van der Waals surface area (Å²) in [7, 11) is 0. The molecule has 0 aromatic rings. The van der Waals surface area contributed by atoms with Gasteiger partial charge in [-0.3, -0.25) is 0 Å². The Morgan fingerprint density at radius 2 is 1.57 bits per heavy atom. The largest absolute Gasteiger partial charge is 0.0625 e. The first-order valence-electron chi connectivity index (χ1n) is 6.38. The Labute approximate surface area is 90.5 Å². The first kappa shape index (κ1) is 12.1. The van der Waals surface area contributed by atoms with Gasteiger partial charge in [-0.1, -0.05) is 47.5 Å². The second-order valence-corrected chi connectivity index (χ2v) is 6.76. The van der Waals surface area contributed by atoms with Crippen molar-refractivity contribution in [2.45, 2.75) is 66.7 Å². The fourth-order valence-corrected chi connectivity index (χ4v) is 2.99. The molecule has 0 saturated heterocycles. The van der Waals surface area contributed by atoms with Crippen LogP contribution in [0.3, 0.4) is 0 Å². The molecule has 0 N–H and O–H groups in total. The van der Waals surface area contributed by atoms with Gasteiger partial charge in [0.25, 0.3) is 0 Å². The third-order valence-electron chi connectivity index (χ3n) is 3.80. The molecule has 0 radical (unpaired) electrons. The van der Waals surface area contributed by atoms with Gasteiger partial charge in [0.1, 0.15) is 0 Å². The molecule has 0 heterocycles. The molecule has 0 nitrogen and oxygen atoms in total. The van der Waals surface area contributed by atoms with Crippen molar-refractivity contribution in [1.82, 2.24) is 0 Å². The van der Waals surface area contributed by atoms with E-state index >= 15 is 0 Å². The van der Waals surface area contributed by atoms with Gasteiger partial charge in [0.05, 0.1) is 0 Å². The quantitative estimate of drug-likeness (QED) is 0.590. The van der Waals surface area contributed by atoms with Gasteiger partial charge in [0.2, 0.25) is 0 Å². The van der Waals surface area contributed by atoms with Crippen LogP contribution in [0, 0.1) is 23.2 Å². The molecule has 0 aromatic carbocycles. The highest BCUT2D eigenvalue weighted by atomic mass is 14.3. The van der Waals surface area contributed by atoms with E-state index in [1.807, 2.05) is 0 Å². The van der Waals surface area contributed by atoms with Crippen molar-refractivity contribution < 1.29 is 0 Å². The normalized spacial score (nSPS) is 31.5. The van der Waals surface area contributed by atoms with Crippen molar-refractivity contribution in [2.75, 3.05) is 0 Å². The molecule has 1 aliphatic carbocycles. The SMILES string of the molecule is CC1CCC(C(C)CC(C)(C)C)CC1. The van der Waals surface area contributed by atoms with Crippen molar-refractivity contribution in [3.05, 3.63) is 0 Å². The van der Waals surface area contributed by atoms with Crippen LogP contribution in [0.2, 0.25) is 0 Å². The Morgan fingerprint density at radius 1 is 1.07 bits per heavy atom. The average molecular weight is 196 g/mol. The molecule has 0 aromatic heterocycles. The maximum absolute atomic E-state index is 2.46. The first-order chi connectivity index (χ1) is 6.38. The van der Waals surface area contributed by atoms with Gasteiger partial charge in [0.15, 0.2) is 0 Å². The summed E-state index contributed by atoms with van der Waals surface area (Å²) < 4.78 is 0. The molecule has 0 bridgehead atoms. The van der Waals surface area contributed by atoms with Crippen LogP contribution in [-0.4, -0.2) is 0 Å². The molecule has 1 rings (SSSR count). The lowest BCUT2D eigenvalue weighted by molar-refractivity contribution is 0.175. The standard InChI is InChI=1S/C14H28/c1-11-6-8-13(9-7-11)12(2)10-14(3,4)5/h11-13H,6-10H2,1-5H3. The molecular weight excluding hydrogens is 168 g/mol. The lowest BCUT2D eigenvalue weighted by atomic mass is 9.72. The van der Waals surface area contributed by atoms with Crippen LogP contribution in [0.4, 0.5) is 0 Å².